The fourth-order valence-electron chi connectivity index (χ4n) is 1.67. The fourth-order valence-corrected chi connectivity index (χ4v) is 1.67. The van der Waals surface area contributed by atoms with E-state index in [1.807, 2.05) is 6.07 Å². The zero-order valence-electron chi connectivity index (χ0n) is 9.15. The zero-order chi connectivity index (χ0) is 12.3. The summed E-state index contributed by atoms with van der Waals surface area (Å²) in [4.78, 5) is 11.4. The third-order valence-electron chi connectivity index (χ3n) is 2.64. The number of aromatic nitrogens is 2. The largest absolute Gasteiger partial charge is 0.480 e. The number of nitrogens with two attached hydrogens (primary N) is 1. The minimum Gasteiger partial charge on any atom is -0.480 e. The number of nitrogens with zero attached hydrogens (tertiary/aromatic N) is 2. The number of rotatable bonds is 4. The first-order chi connectivity index (χ1) is 8.13. The average molecular weight is 231 g/mol. The second-order valence-corrected chi connectivity index (χ2v) is 3.85. The molecule has 1 aromatic carbocycles. The maximum absolute atomic E-state index is 11.4. The third-order valence-corrected chi connectivity index (χ3v) is 2.64. The maximum Gasteiger partial charge on any atom is 0.330 e. The van der Waals surface area contributed by atoms with Crippen molar-refractivity contribution in [1.29, 1.82) is 0 Å². The number of carboxylic acids is 1. The molecule has 1 aromatic heterocycles. The van der Waals surface area contributed by atoms with E-state index in [9.17, 15) is 9.90 Å². The second kappa shape index (κ2) is 4.39. The van der Waals surface area contributed by atoms with Crippen molar-refractivity contribution >= 4 is 5.97 Å². The van der Waals surface area contributed by atoms with E-state index in [2.05, 4.69) is 5.10 Å². The molecule has 0 saturated heterocycles. The molecule has 0 radical (unpaired) electrons. The van der Waals surface area contributed by atoms with Crippen LogP contribution in [0.4, 0.5) is 0 Å². The SMILES string of the molecule is NC(Cn1cccn1)(C(=O)O)c1ccccc1. The zero-order valence-corrected chi connectivity index (χ0v) is 9.15. The Hall–Kier alpha value is -2.14. The Morgan fingerprint density at radius 2 is 2.06 bits per heavy atom. The van der Waals surface area contributed by atoms with Crippen molar-refractivity contribution in [2.45, 2.75) is 12.1 Å². The summed E-state index contributed by atoms with van der Waals surface area (Å²) in [6.07, 6.45) is 3.28. The van der Waals surface area contributed by atoms with Crippen LogP contribution in [0.2, 0.25) is 0 Å². The highest BCUT2D eigenvalue weighted by Gasteiger charge is 2.36. The van der Waals surface area contributed by atoms with E-state index in [1.165, 1.54) is 4.68 Å². The summed E-state index contributed by atoms with van der Waals surface area (Å²) in [5, 5.41) is 13.3. The van der Waals surface area contributed by atoms with Gasteiger partial charge in [0.15, 0.2) is 5.54 Å². The van der Waals surface area contributed by atoms with Crippen LogP contribution in [0, 0.1) is 0 Å². The number of carbonyl (C=O) groups is 1. The van der Waals surface area contributed by atoms with Gasteiger partial charge in [-0.3, -0.25) is 4.68 Å². The van der Waals surface area contributed by atoms with Crippen LogP contribution in [0.15, 0.2) is 48.8 Å². The lowest BCUT2D eigenvalue weighted by Gasteiger charge is -2.25. The molecule has 1 heterocycles. The highest BCUT2D eigenvalue weighted by atomic mass is 16.4. The summed E-state index contributed by atoms with van der Waals surface area (Å²) in [7, 11) is 0. The summed E-state index contributed by atoms with van der Waals surface area (Å²) >= 11 is 0. The Kier molecular flexibility index (Phi) is 2.93. The minimum atomic E-state index is -1.47. The predicted molar refractivity (Wildman–Crippen MR) is 62.2 cm³/mol. The Labute approximate surface area is 98.5 Å². The van der Waals surface area contributed by atoms with Crippen molar-refractivity contribution in [3.05, 3.63) is 54.4 Å². The molecule has 0 aliphatic rings. The van der Waals surface area contributed by atoms with Gasteiger partial charge in [0, 0.05) is 12.4 Å². The van der Waals surface area contributed by atoms with Crippen LogP contribution in [0.25, 0.3) is 0 Å². The van der Waals surface area contributed by atoms with Crippen molar-refractivity contribution < 1.29 is 9.90 Å². The number of aliphatic carboxylic acids is 1. The number of carboxylic acid groups (broad SMARTS) is 1. The summed E-state index contributed by atoms with van der Waals surface area (Å²) in [6.45, 7) is 0.0966. The molecule has 0 saturated carbocycles. The summed E-state index contributed by atoms with van der Waals surface area (Å²) in [5.74, 6) is -1.07. The van der Waals surface area contributed by atoms with Gasteiger partial charge in [-0.25, -0.2) is 4.79 Å². The molecular formula is C12H13N3O2. The molecular weight excluding hydrogens is 218 g/mol. The van der Waals surface area contributed by atoms with Gasteiger partial charge in [-0.1, -0.05) is 30.3 Å². The van der Waals surface area contributed by atoms with Crippen molar-refractivity contribution in [2.24, 2.45) is 5.73 Å². The van der Waals surface area contributed by atoms with Gasteiger partial charge in [0.05, 0.1) is 6.54 Å². The Bertz CT molecular complexity index is 496. The lowest BCUT2D eigenvalue weighted by atomic mass is 9.91. The Morgan fingerprint density at radius 1 is 1.35 bits per heavy atom. The van der Waals surface area contributed by atoms with Crippen molar-refractivity contribution in [3.8, 4) is 0 Å². The minimum absolute atomic E-state index is 0.0966. The molecule has 17 heavy (non-hydrogen) atoms. The number of hydrogen-bond acceptors (Lipinski definition) is 3. The Balaban J connectivity index is 2.37. The topological polar surface area (TPSA) is 81.1 Å². The van der Waals surface area contributed by atoms with Crippen LogP contribution in [0.3, 0.4) is 0 Å². The van der Waals surface area contributed by atoms with E-state index in [1.54, 1.807) is 42.7 Å². The van der Waals surface area contributed by atoms with Gasteiger partial charge in [0.1, 0.15) is 0 Å². The first-order valence-electron chi connectivity index (χ1n) is 5.18. The van der Waals surface area contributed by atoms with Crippen LogP contribution in [-0.2, 0) is 16.9 Å². The second-order valence-electron chi connectivity index (χ2n) is 3.85. The first kappa shape index (κ1) is 11.3. The highest BCUT2D eigenvalue weighted by Crippen LogP contribution is 2.20. The van der Waals surface area contributed by atoms with Crippen LogP contribution in [0.5, 0.6) is 0 Å². The molecule has 5 nitrogen and oxygen atoms in total. The molecule has 1 unspecified atom stereocenters. The van der Waals surface area contributed by atoms with Crippen molar-refractivity contribution in [3.63, 3.8) is 0 Å². The van der Waals surface area contributed by atoms with Gasteiger partial charge in [0.25, 0.3) is 0 Å². The van der Waals surface area contributed by atoms with E-state index < -0.39 is 11.5 Å². The van der Waals surface area contributed by atoms with Gasteiger partial charge in [0.2, 0.25) is 0 Å². The quantitative estimate of drug-likeness (QED) is 0.816. The molecule has 0 fully saturated rings. The van der Waals surface area contributed by atoms with Crippen LogP contribution < -0.4 is 5.73 Å². The maximum atomic E-state index is 11.4. The van der Waals surface area contributed by atoms with E-state index in [0.717, 1.165) is 0 Å². The molecule has 1 atom stereocenters. The molecule has 0 amide bonds. The van der Waals surface area contributed by atoms with Gasteiger partial charge in [-0.2, -0.15) is 5.10 Å². The van der Waals surface area contributed by atoms with Gasteiger partial charge in [-0.05, 0) is 11.6 Å². The van der Waals surface area contributed by atoms with Crippen molar-refractivity contribution in [1.82, 2.24) is 9.78 Å². The monoisotopic (exact) mass is 231 g/mol. The molecule has 0 aliphatic heterocycles. The van der Waals surface area contributed by atoms with Crippen molar-refractivity contribution in [2.75, 3.05) is 0 Å². The third kappa shape index (κ3) is 2.19. The average Bonchev–Trinajstić information content (AvgIpc) is 2.82. The van der Waals surface area contributed by atoms with E-state index in [0.29, 0.717) is 5.56 Å². The van der Waals surface area contributed by atoms with E-state index in [4.69, 9.17) is 5.73 Å². The highest BCUT2D eigenvalue weighted by molar-refractivity contribution is 5.80. The first-order valence-corrected chi connectivity index (χ1v) is 5.18. The lowest BCUT2D eigenvalue weighted by molar-refractivity contribution is -0.144. The summed E-state index contributed by atoms with van der Waals surface area (Å²) in [5.41, 5.74) is 5.09. The van der Waals surface area contributed by atoms with Crippen LogP contribution in [-0.4, -0.2) is 20.9 Å². The molecule has 3 N–H and O–H groups in total. The van der Waals surface area contributed by atoms with E-state index >= 15 is 0 Å². The summed E-state index contributed by atoms with van der Waals surface area (Å²) in [6, 6.07) is 10.5. The fraction of sp³-hybridized carbons (Fsp3) is 0.167. The van der Waals surface area contributed by atoms with Gasteiger partial charge < -0.3 is 10.8 Å². The summed E-state index contributed by atoms with van der Waals surface area (Å²) < 4.78 is 1.52. The van der Waals surface area contributed by atoms with E-state index in [-0.39, 0.29) is 6.54 Å². The van der Waals surface area contributed by atoms with Gasteiger partial charge >= 0.3 is 5.97 Å². The molecule has 5 heteroatoms. The number of hydrogen-bond donors (Lipinski definition) is 2. The molecule has 88 valence electrons. The lowest BCUT2D eigenvalue weighted by Crippen LogP contribution is -2.48. The Morgan fingerprint density at radius 3 is 2.59 bits per heavy atom. The molecule has 2 aromatic rings. The molecule has 0 aliphatic carbocycles. The molecule has 0 spiro atoms. The molecule has 2 rings (SSSR count). The van der Waals surface area contributed by atoms with Crippen LogP contribution in [0.1, 0.15) is 5.56 Å². The molecule has 0 bridgehead atoms. The standard InChI is InChI=1S/C12H13N3O2/c13-12(11(16)17,9-15-8-4-7-14-15)10-5-2-1-3-6-10/h1-8H,9,13H2,(H,16,17). The van der Waals surface area contributed by atoms with Crippen LogP contribution >= 0.6 is 0 Å². The number of benzene rings is 1. The normalized spacial score (nSPS) is 14.2. The predicted octanol–water partition coefficient (Wildman–Crippen LogP) is 0.822. The van der Waals surface area contributed by atoms with Gasteiger partial charge in [-0.15, -0.1) is 0 Å². The smallest absolute Gasteiger partial charge is 0.330 e.